The first-order valence-corrected chi connectivity index (χ1v) is 7.55. The predicted molar refractivity (Wildman–Crippen MR) is 94.5 cm³/mol. The van der Waals surface area contributed by atoms with E-state index >= 15 is 0 Å². The van der Waals surface area contributed by atoms with Crippen LogP contribution in [0.15, 0.2) is 44.0 Å². The Morgan fingerprint density at radius 1 is 0.815 bits per heavy atom. The van der Waals surface area contributed by atoms with Crippen LogP contribution in [-0.4, -0.2) is 51.2 Å². The molecule has 0 aliphatic carbocycles. The summed E-state index contributed by atoms with van der Waals surface area (Å²) < 4.78 is 0. The summed E-state index contributed by atoms with van der Waals surface area (Å²) in [5.41, 5.74) is -1.23. The van der Waals surface area contributed by atoms with Gasteiger partial charge in [-0.15, -0.1) is 0 Å². The summed E-state index contributed by atoms with van der Waals surface area (Å²) in [6.45, 7) is 6.28. The first-order valence-electron chi connectivity index (χ1n) is 7.55. The molecular weight excluding hydrogens is 388 g/mol. The van der Waals surface area contributed by atoms with E-state index in [-0.39, 0.29) is 21.7 Å². The van der Waals surface area contributed by atoms with Crippen LogP contribution in [0.5, 0.6) is 0 Å². The quantitative estimate of drug-likeness (QED) is 0.617. The molecule has 2 unspecified atom stereocenters. The van der Waals surface area contributed by atoms with Gasteiger partial charge >= 0.3 is 21.7 Å². The molecule has 0 spiro atoms. The van der Waals surface area contributed by atoms with E-state index in [1.165, 1.54) is 26.0 Å². The van der Waals surface area contributed by atoms with Gasteiger partial charge in [0.15, 0.2) is 0 Å². The summed E-state index contributed by atoms with van der Waals surface area (Å²) in [7, 11) is 7.00. The second-order valence-corrected chi connectivity index (χ2v) is 5.74. The third-order valence-corrected chi connectivity index (χ3v) is 2.64. The molecule has 0 saturated heterocycles. The van der Waals surface area contributed by atoms with Crippen LogP contribution in [-0.2, 0) is 31.3 Å². The molecule has 0 aromatic rings. The fourth-order valence-electron chi connectivity index (χ4n) is 1.49. The molecule has 2 atom stereocenters. The van der Waals surface area contributed by atoms with E-state index in [0.29, 0.717) is 11.4 Å². The fourth-order valence-corrected chi connectivity index (χ4v) is 1.49. The first kappa shape index (κ1) is 30.0. The monoisotopic (exact) mass is 414 g/mol. The van der Waals surface area contributed by atoms with Crippen LogP contribution in [0.3, 0.4) is 0 Å². The number of azo groups is 2. The largest absolute Gasteiger partial charge is 4.00 e. The Balaban J connectivity index is -0.000000322. The summed E-state index contributed by atoms with van der Waals surface area (Å²) in [4.78, 5) is 20.7. The molecule has 0 aromatic carbocycles. The van der Waals surface area contributed by atoms with Crippen LogP contribution in [0.2, 0.25) is 0 Å². The zero-order valence-electron chi connectivity index (χ0n) is 17.0. The topological polar surface area (TPSA) is 158 Å². The van der Waals surface area contributed by atoms with E-state index in [9.17, 15) is 19.8 Å². The minimum Gasteiger partial charge on any atom is -0.668 e. The molecule has 0 saturated carbocycles. The van der Waals surface area contributed by atoms with Crippen LogP contribution >= 0.6 is 0 Å². The third-order valence-electron chi connectivity index (χ3n) is 2.64. The number of hydrogen-bond acceptors (Lipinski definition) is 8. The molecule has 0 fully saturated rings. The van der Waals surface area contributed by atoms with Gasteiger partial charge in [0.05, 0.1) is 23.3 Å². The fraction of sp³-hybridized carbons (Fsp3) is 0.625. The van der Waals surface area contributed by atoms with Gasteiger partial charge in [-0.1, -0.05) is 0 Å². The maximum atomic E-state index is 10.4. The summed E-state index contributed by atoms with van der Waals surface area (Å²) in [6, 6.07) is 0. The molecule has 148 valence electrons. The van der Waals surface area contributed by atoms with E-state index in [2.05, 4.69) is 31.1 Å². The van der Waals surface area contributed by atoms with Crippen molar-refractivity contribution in [2.45, 2.75) is 38.8 Å². The molecule has 2 aliphatic rings. The molecule has 0 amide bonds. The summed E-state index contributed by atoms with van der Waals surface area (Å²) >= 11 is 0. The Morgan fingerprint density at radius 3 is 1.11 bits per heavy atom. The van der Waals surface area contributed by atoms with Crippen molar-refractivity contribution in [3.05, 3.63) is 34.2 Å². The Labute approximate surface area is 175 Å². The number of carbonyl (C=O) groups is 2. The van der Waals surface area contributed by atoms with Crippen molar-refractivity contribution >= 4 is 11.9 Å². The maximum Gasteiger partial charge on any atom is 4.00 e. The Morgan fingerprint density at radius 2 is 1.04 bits per heavy atom. The third kappa shape index (κ3) is 11.5. The number of carboxylic acid groups (broad SMARTS) is 2. The Bertz CT molecular complexity index is 554. The van der Waals surface area contributed by atoms with Crippen LogP contribution in [0.25, 0.3) is 10.6 Å². The molecule has 2 rings (SSSR count). The normalized spacial score (nSPS) is 23.9. The molecule has 2 heterocycles. The molecule has 11 heteroatoms. The summed E-state index contributed by atoms with van der Waals surface area (Å²) in [6.07, 6.45) is 2.92. The number of carboxylic acids is 2. The van der Waals surface area contributed by atoms with E-state index in [1.54, 1.807) is 42.0 Å². The van der Waals surface area contributed by atoms with E-state index in [1.807, 2.05) is 0 Å². The second kappa shape index (κ2) is 14.3. The van der Waals surface area contributed by atoms with E-state index in [0.717, 1.165) is 0 Å². The van der Waals surface area contributed by atoms with Gasteiger partial charge in [0.1, 0.15) is 11.1 Å². The molecule has 0 aromatic heterocycles. The summed E-state index contributed by atoms with van der Waals surface area (Å²) in [5.74, 6) is -2.43. The smallest absolute Gasteiger partial charge is 0.668 e. The van der Waals surface area contributed by atoms with Crippen molar-refractivity contribution in [2.75, 3.05) is 28.2 Å². The zero-order valence-corrected chi connectivity index (χ0v) is 18.5. The van der Waals surface area contributed by atoms with E-state index < -0.39 is 23.0 Å². The average Bonchev–Trinajstić information content (AvgIpc) is 3.05. The van der Waals surface area contributed by atoms with Gasteiger partial charge in [0.2, 0.25) is 0 Å². The van der Waals surface area contributed by atoms with Crippen molar-refractivity contribution in [1.29, 1.82) is 0 Å². The predicted octanol–water partition coefficient (Wildman–Crippen LogP) is 0.966. The number of carbonyl (C=O) groups excluding carboxylic acids is 2. The van der Waals surface area contributed by atoms with Crippen LogP contribution in [0.1, 0.15) is 27.7 Å². The van der Waals surface area contributed by atoms with Crippen molar-refractivity contribution in [3.63, 3.8) is 0 Å². The molecule has 0 radical (unpaired) electrons. The number of allylic oxidation sites excluding steroid dienone is 2. The standard InChI is InChI=1S/2C6H8N2O2.2C2H6N.Ti/c2*1-4-3-6(2,5(9)10)8-7-4;2*1-3-2;/h2*3H,1-2H3,(H,9,10);2*1-2H3;/q;;2*-1;+4/p-2. The van der Waals surface area contributed by atoms with Crippen molar-refractivity contribution in [2.24, 2.45) is 20.5 Å². The molecule has 2 aliphatic heterocycles. The van der Waals surface area contributed by atoms with Crippen molar-refractivity contribution in [3.8, 4) is 0 Å². The van der Waals surface area contributed by atoms with Gasteiger partial charge in [-0.2, -0.15) is 48.6 Å². The molecule has 0 N–H and O–H groups in total. The first-order chi connectivity index (χ1) is 11.9. The number of nitrogens with zero attached hydrogens (tertiary/aromatic N) is 6. The second-order valence-electron chi connectivity index (χ2n) is 5.74. The van der Waals surface area contributed by atoms with Crippen molar-refractivity contribution < 1.29 is 41.5 Å². The van der Waals surface area contributed by atoms with Gasteiger partial charge in [-0.3, -0.25) is 0 Å². The van der Waals surface area contributed by atoms with Crippen LogP contribution in [0.4, 0.5) is 0 Å². The van der Waals surface area contributed by atoms with Gasteiger partial charge in [0, 0.05) is 0 Å². The van der Waals surface area contributed by atoms with E-state index in [4.69, 9.17) is 0 Å². The molecular formula is C16H26N6O4Ti. The number of rotatable bonds is 2. The van der Waals surface area contributed by atoms with Gasteiger partial charge in [0.25, 0.3) is 0 Å². The summed E-state index contributed by atoms with van der Waals surface area (Å²) in [5, 5.41) is 41.9. The molecule has 0 bridgehead atoms. The minimum atomic E-state index is -1.23. The minimum absolute atomic E-state index is 0. The van der Waals surface area contributed by atoms with Gasteiger partial charge < -0.3 is 30.4 Å². The van der Waals surface area contributed by atoms with Crippen LogP contribution in [0, 0.1) is 0 Å². The Kier molecular flexibility index (Phi) is 15.9. The Hall–Kier alpha value is -1.75. The number of hydrogen-bond donors (Lipinski definition) is 0. The average molecular weight is 414 g/mol. The number of aliphatic carboxylic acids is 2. The van der Waals surface area contributed by atoms with Crippen molar-refractivity contribution in [1.82, 2.24) is 0 Å². The SMILES string of the molecule is CC1=CC(C)(C(=O)[O-])N=N1.CC1=CC(C)(C(=O)[O-])N=N1.C[N-]C.C[N-]C.[Ti+4]. The van der Waals surface area contributed by atoms with Gasteiger partial charge in [-0.25, -0.2) is 0 Å². The van der Waals surface area contributed by atoms with Gasteiger partial charge in [-0.05, 0) is 39.8 Å². The van der Waals surface area contributed by atoms with Crippen LogP contribution < -0.4 is 10.2 Å². The maximum absolute atomic E-state index is 10.4. The zero-order chi connectivity index (χ0) is 21.0. The molecule has 10 nitrogen and oxygen atoms in total. The molecule has 27 heavy (non-hydrogen) atoms.